The standard InChI is InChI=1S/C20H30N2O2.C2H2O4/c1-23-19-9-8-18(14-20(19)24-2)16-22-12-10-21(11-13-22)15-17-6-4-3-5-7-17;3-1(4)2(5)6/h3-4,8-9,14,17H,5-7,10-13,15-16H2,1-2H3;(H,3,4)(H,5,6). The summed E-state index contributed by atoms with van der Waals surface area (Å²) in [5.74, 6) is -1.16. The van der Waals surface area contributed by atoms with Crippen molar-refractivity contribution in [3.63, 3.8) is 0 Å². The Morgan fingerprint density at radius 3 is 2.13 bits per heavy atom. The van der Waals surface area contributed by atoms with Crippen molar-refractivity contribution < 1.29 is 29.3 Å². The van der Waals surface area contributed by atoms with E-state index in [-0.39, 0.29) is 0 Å². The number of rotatable bonds is 6. The number of methoxy groups -OCH3 is 2. The Morgan fingerprint density at radius 1 is 0.967 bits per heavy atom. The third-order valence-electron chi connectivity index (χ3n) is 5.40. The van der Waals surface area contributed by atoms with Crippen molar-refractivity contribution in [2.75, 3.05) is 46.9 Å². The Balaban J connectivity index is 0.000000469. The number of aliphatic carboxylic acids is 2. The second-order valence-electron chi connectivity index (χ2n) is 7.53. The van der Waals surface area contributed by atoms with E-state index < -0.39 is 11.9 Å². The average Bonchev–Trinajstić information content (AvgIpc) is 2.76. The third kappa shape index (κ3) is 7.68. The largest absolute Gasteiger partial charge is 0.493 e. The van der Waals surface area contributed by atoms with Crippen LogP contribution >= 0.6 is 0 Å². The molecule has 1 atom stereocenters. The minimum atomic E-state index is -1.82. The minimum absolute atomic E-state index is 0.799. The number of hydrogen-bond donors (Lipinski definition) is 2. The van der Waals surface area contributed by atoms with E-state index in [2.05, 4.69) is 34.1 Å². The number of hydrogen-bond acceptors (Lipinski definition) is 6. The zero-order valence-corrected chi connectivity index (χ0v) is 17.7. The highest BCUT2D eigenvalue weighted by Crippen LogP contribution is 2.28. The van der Waals surface area contributed by atoms with Crippen molar-refractivity contribution in [3.8, 4) is 11.5 Å². The monoisotopic (exact) mass is 420 g/mol. The lowest BCUT2D eigenvalue weighted by Gasteiger charge is -2.36. The Hall–Kier alpha value is -2.58. The number of allylic oxidation sites excluding steroid dienone is 2. The van der Waals surface area contributed by atoms with Gasteiger partial charge in [0, 0.05) is 39.3 Å². The van der Waals surface area contributed by atoms with Crippen LogP contribution in [-0.4, -0.2) is 78.9 Å². The topological polar surface area (TPSA) is 99.5 Å². The lowest BCUT2D eigenvalue weighted by atomic mass is 9.94. The first-order valence-corrected chi connectivity index (χ1v) is 10.2. The highest BCUT2D eigenvalue weighted by Gasteiger charge is 2.20. The SMILES string of the molecule is COc1ccc(CN2CCN(CC3CC=CCC3)CC2)cc1OC.O=C(O)C(=O)O. The molecule has 1 fully saturated rings. The summed E-state index contributed by atoms with van der Waals surface area (Å²) in [5.41, 5.74) is 1.29. The summed E-state index contributed by atoms with van der Waals surface area (Å²) in [6.07, 6.45) is 8.59. The summed E-state index contributed by atoms with van der Waals surface area (Å²) in [4.78, 5) is 23.4. The number of benzene rings is 1. The zero-order valence-electron chi connectivity index (χ0n) is 17.7. The van der Waals surface area contributed by atoms with E-state index in [1.807, 2.05) is 6.07 Å². The fourth-order valence-electron chi connectivity index (χ4n) is 3.75. The number of ether oxygens (including phenoxy) is 2. The third-order valence-corrected chi connectivity index (χ3v) is 5.40. The van der Waals surface area contributed by atoms with Crippen molar-refractivity contribution in [2.24, 2.45) is 5.92 Å². The smallest absolute Gasteiger partial charge is 0.414 e. The van der Waals surface area contributed by atoms with Crippen molar-refractivity contribution in [3.05, 3.63) is 35.9 Å². The van der Waals surface area contributed by atoms with Crippen LogP contribution in [0.3, 0.4) is 0 Å². The van der Waals surface area contributed by atoms with Gasteiger partial charge in [-0.3, -0.25) is 4.90 Å². The van der Waals surface area contributed by atoms with Gasteiger partial charge in [-0.05, 0) is 42.9 Å². The molecule has 3 rings (SSSR count). The number of piperazine rings is 1. The summed E-state index contributed by atoms with van der Waals surface area (Å²) < 4.78 is 10.7. The molecule has 0 radical (unpaired) electrons. The van der Waals surface area contributed by atoms with Gasteiger partial charge in [0.1, 0.15) is 0 Å². The van der Waals surface area contributed by atoms with Crippen molar-refractivity contribution in [2.45, 2.75) is 25.8 Å². The van der Waals surface area contributed by atoms with Crippen molar-refractivity contribution in [1.82, 2.24) is 9.80 Å². The maximum absolute atomic E-state index is 9.10. The van der Waals surface area contributed by atoms with E-state index in [1.165, 1.54) is 44.5 Å². The lowest BCUT2D eigenvalue weighted by Crippen LogP contribution is -2.47. The van der Waals surface area contributed by atoms with Gasteiger partial charge in [-0.1, -0.05) is 18.2 Å². The number of carboxylic acid groups (broad SMARTS) is 2. The van der Waals surface area contributed by atoms with E-state index in [1.54, 1.807) is 14.2 Å². The first kappa shape index (κ1) is 23.7. The van der Waals surface area contributed by atoms with E-state index in [9.17, 15) is 0 Å². The van der Waals surface area contributed by atoms with Crippen LogP contribution < -0.4 is 9.47 Å². The Bertz CT molecular complexity index is 716. The van der Waals surface area contributed by atoms with E-state index in [0.29, 0.717) is 0 Å². The Labute approximate surface area is 177 Å². The molecule has 0 saturated carbocycles. The summed E-state index contributed by atoms with van der Waals surface area (Å²) in [5, 5.41) is 14.8. The van der Waals surface area contributed by atoms with Gasteiger partial charge in [-0.2, -0.15) is 0 Å². The van der Waals surface area contributed by atoms with Crippen LogP contribution in [0.1, 0.15) is 24.8 Å². The van der Waals surface area contributed by atoms with Gasteiger partial charge < -0.3 is 24.6 Å². The second-order valence-corrected chi connectivity index (χ2v) is 7.53. The highest BCUT2D eigenvalue weighted by molar-refractivity contribution is 6.27. The molecule has 2 aliphatic rings. The molecule has 8 nitrogen and oxygen atoms in total. The first-order valence-electron chi connectivity index (χ1n) is 10.2. The molecular formula is C22H32N2O6. The highest BCUT2D eigenvalue weighted by atomic mass is 16.5. The average molecular weight is 421 g/mol. The van der Waals surface area contributed by atoms with Crippen LogP contribution in [0.4, 0.5) is 0 Å². The van der Waals surface area contributed by atoms with Crippen LogP contribution in [0.2, 0.25) is 0 Å². The molecule has 0 aromatic heterocycles. The van der Waals surface area contributed by atoms with Crippen molar-refractivity contribution >= 4 is 11.9 Å². The fourth-order valence-corrected chi connectivity index (χ4v) is 3.75. The molecule has 1 unspecified atom stereocenters. The molecule has 30 heavy (non-hydrogen) atoms. The maximum atomic E-state index is 9.10. The van der Waals surface area contributed by atoms with Gasteiger partial charge in [-0.25, -0.2) is 9.59 Å². The molecule has 1 aromatic carbocycles. The van der Waals surface area contributed by atoms with Gasteiger partial charge >= 0.3 is 11.9 Å². The summed E-state index contributed by atoms with van der Waals surface area (Å²) in [7, 11) is 3.37. The molecule has 8 heteroatoms. The predicted octanol–water partition coefficient (Wildman–Crippen LogP) is 2.33. The fraction of sp³-hybridized carbons (Fsp3) is 0.545. The van der Waals surface area contributed by atoms with E-state index >= 15 is 0 Å². The van der Waals surface area contributed by atoms with Gasteiger partial charge in [0.2, 0.25) is 0 Å². The predicted molar refractivity (Wildman–Crippen MR) is 113 cm³/mol. The van der Waals surface area contributed by atoms with Crippen LogP contribution in [0.25, 0.3) is 0 Å². The van der Waals surface area contributed by atoms with Crippen LogP contribution in [-0.2, 0) is 16.1 Å². The molecule has 166 valence electrons. The first-order chi connectivity index (χ1) is 14.4. The van der Waals surface area contributed by atoms with Gasteiger partial charge in [0.05, 0.1) is 14.2 Å². The number of carbonyl (C=O) groups is 2. The molecule has 2 N–H and O–H groups in total. The normalized spacial score (nSPS) is 19.5. The van der Waals surface area contributed by atoms with Gasteiger partial charge in [0.15, 0.2) is 11.5 Å². The summed E-state index contributed by atoms with van der Waals surface area (Å²) in [6, 6.07) is 6.24. The zero-order chi connectivity index (χ0) is 21.9. The molecule has 1 saturated heterocycles. The van der Waals surface area contributed by atoms with Crippen molar-refractivity contribution in [1.29, 1.82) is 0 Å². The molecule has 1 aliphatic carbocycles. The second kappa shape index (κ2) is 12.2. The Kier molecular flexibility index (Phi) is 9.63. The molecule has 0 amide bonds. The molecule has 0 spiro atoms. The number of carboxylic acids is 2. The van der Waals surface area contributed by atoms with E-state index in [4.69, 9.17) is 29.3 Å². The molecule has 1 aliphatic heterocycles. The molecule has 1 heterocycles. The van der Waals surface area contributed by atoms with E-state index in [0.717, 1.165) is 37.1 Å². The summed E-state index contributed by atoms with van der Waals surface area (Å²) >= 11 is 0. The lowest BCUT2D eigenvalue weighted by molar-refractivity contribution is -0.159. The van der Waals surface area contributed by atoms with Gasteiger partial charge in [0.25, 0.3) is 0 Å². The van der Waals surface area contributed by atoms with Gasteiger partial charge in [-0.15, -0.1) is 0 Å². The van der Waals surface area contributed by atoms with Crippen LogP contribution in [0.15, 0.2) is 30.4 Å². The molecular weight excluding hydrogens is 388 g/mol. The molecule has 1 aromatic rings. The Morgan fingerprint density at radius 2 is 1.60 bits per heavy atom. The van der Waals surface area contributed by atoms with Crippen LogP contribution in [0.5, 0.6) is 11.5 Å². The maximum Gasteiger partial charge on any atom is 0.414 e. The minimum Gasteiger partial charge on any atom is -0.493 e. The number of nitrogens with zero attached hydrogens (tertiary/aromatic N) is 2. The quantitative estimate of drug-likeness (QED) is 0.534. The molecule has 0 bridgehead atoms. The van der Waals surface area contributed by atoms with Crippen LogP contribution in [0, 0.1) is 5.92 Å². The summed E-state index contributed by atoms with van der Waals surface area (Å²) in [6.45, 7) is 6.93.